The Labute approximate surface area is 150 Å². The van der Waals surface area contributed by atoms with E-state index >= 15 is 0 Å². The molecule has 1 saturated heterocycles. The van der Waals surface area contributed by atoms with Gasteiger partial charge in [0, 0.05) is 36.5 Å². The molecule has 5 nitrogen and oxygen atoms in total. The van der Waals surface area contributed by atoms with Gasteiger partial charge in [-0.15, -0.1) is 0 Å². The van der Waals surface area contributed by atoms with Gasteiger partial charge in [0.2, 0.25) is 0 Å². The summed E-state index contributed by atoms with van der Waals surface area (Å²) in [5, 5.41) is 3.35. The largest absolute Gasteiger partial charge is 0.481 e. The second-order valence-corrected chi connectivity index (χ2v) is 6.67. The third-order valence-corrected chi connectivity index (χ3v) is 4.60. The van der Waals surface area contributed by atoms with Crippen LogP contribution in [0.3, 0.4) is 0 Å². The Balaban J connectivity index is 1.72. The average Bonchev–Trinajstić information content (AvgIpc) is 2.63. The van der Waals surface area contributed by atoms with Gasteiger partial charge in [-0.25, -0.2) is 0 Å². The average molecular weight is 390 g/mol. The van der Waals surface area contributed by atoms with E-state index in [0.717, 1.165) is 23.1 Å². The lowest BCUT2D eigenvalue weighted by Crippen LogP contribution is -2.52. The molecule has 0 bridgehead atoms. The quantitative estimate of drug-likeness (QED) is 0.873. The molecule has 2 unspecified atom stereocenters. The lowest BCUT2D eigenvalue weighted by molar-refractivity contribution is -0.141. The number of ether oxygens (including phenoxy) is 1. The predicted octanol–water partition coefficient (Wildman–Crippen LogP) is 2.78. The first-order valence-electron chi connectivity index (χ1n) is 7.98. The van der Waals surface area contributed by atoms with Crippen molar-refractivity contribution < 1.29 is 9.53 Å². The first-order valence-corrected chi connectivity index (χ1v) is 8.78. The molecule has 1 aromatic carbocycles. The molecule has 1 amide bonds. The van der Waals surface area contributed by atoms with Gasteiger partial charge in [0.15, 0.2) is 6.10 Å². The molecule has 2 aromatic rings. The van der Waals surface area contributed by atoms with E-state index in [-0.39, 0.29) is 11.9 Å². The highest BCUT2D eigenvalue weighted by molar-refractivity contribution is 9.10. The molecule has 126 valence electrons. The van der Waals surface area contributed by atoms with E-state index in [1.54, 1.807) is 13.1 Å². The van der Waals surface area contributed by atoms with Crippen LogP contribution in [0.4, 0.5) is 0 Å². The van der Waals surface area contributed by atoms with Gasteiger partial charge >= 0.3 is 0 Å². The van der Waals surface area contributed by atoms with Gasteiger partial charge in [0.05, 0.1) is 6.04 Å². The number of nitrogens with one attached hydrogen (secondary N) is 1. The van der Waals surface area contributed by atoms with Crippen LogP contribution in [0, 0.1) is 0 Å². The van der Waals surface area contributed by atoms with Crippen LogP contribution in [0.15, 0.2) is 53.3 Å². The molecule has 2 atom stereocenters. The lowest BCUT2D eigenvalue weighted by atomic mass is 10.0. The first kappa shape index (κ1) is 16.9. The number of nitrogens with zero attached hydrogens (tertiary/aromatic N) is 2. The van der Waals surface area contributed by atoms with Gasteiger partial charge in [-0.05, 0) is 42.8 Å². The van der Waals surface area contributed by atoms with Crippen molar-refractivity contribution >= 4 is 21.8 Å². The van der Waals surface area contributed by atoms with Crippen molar-refractivity contribution in [1.29, 1.82) is 0 Å². The van der Waals surface area contributed by atoms with E-state index in [1.807, 2.05) is 47.5 Å². The molecule has 0 saturated carbocycles. The van der Waals surface area contributed by atoms with Gasteiger partial charge in [-0.2, -0.15) is 0 Å². The van der Waals surface area contributed by atoms with E-state index in [9.17, 15) is 4.79 Å². The van der Waals surface area contributed by atoms with E-state index in [4.69, 9.17) is 4.74 Å². The van der Waals surface area contributed by atoms with Crippen LogP contribution in [0.1, 0.15) is 18.5 Å². The van der Waals surface area contributed by atoms with Crippen LogP contribution in [0.2, 0.25) is 0 Å². The molecule has 0 aliphatic carbocycles. The predicted molar refractivity (Wildman–Crippen MR) is 95.8 cm³/mol. The summed E-state index contributed by atoms with van der Waals surface area (Å²) in [6.45, 7) is 3.97. The summed E-state index contributed by atoms with van der Waals surface area (Å²) in [5.41, 5.74) is 1.04. The molecule has 24 heavy (non-hydrogen) atoms. The van der Waals surface area contributed by atoms with E-state index < -0.39 is 6.10 Å². The maximum absolute atomic E-state index is 12.9. The third kappa shape index (κ3) is 3.94. The zero-order valence-electron chi connectivity index (χ0n) is 13.5. The van der Waals surface area contributed by atoms with Gasteiger partial charge in [-0.1, -0.05) is 22.0 Å². The minimum Gasteiger partial charge on any atom is -0.481 e. The van der Waals surface area contributed by atoms with Crippen molar-refractivity contribution in [2.45, 2.75) is 19.1 Å². The summed E-state index contributed by atoms with van der Waals surface area (Å²) >= 11 is 3.39. The molecule has 6 heteroatoms. The molecular formula is C18H20BrN3O2. The molecule has 0 radical (unpaired) electrons. The van der Waals surface area contributed by atoms with E-state index in [0.29, 0.717) is 12.3 Å². The number of carbonyl (C=O) groups is 1. The van der Waals surface area contributed by atoms with Crippen LogP contribution in [0.25, 0.3) is 0 Å². The monoisotopic (exact) mass is 389 g/mol. The normalized spacial score (nSPS) is 18.9. The molecular weight excluding hydrogens is 370 g/mol. The SMILES string of the molecule is CC(Oc1ccc(Br)cc1)C(=O)N1CCNCC1c1cccnc1. The zero-order valence-corrected chi connectivity index (χ0v) is 15.1. The summed E-state index contributed by atoms with van der Waals surface area (Å²) in [4.78, 5) is 19.0. The summed E-state index contributed by atoms with van der Waals surface area (Å²) in [7, 11) is 0. The Morgan fingerprint density at radius 3 is 2.88 bits per heavy atom. The van der Waals surface area contributed by atoms with Crippen LogP contribution < -0.4 is 10.1 Å². The number of halogens is 1. The van der Waals surface area contributed by atoms with Crippen molar-refractivity contribution in [2.24, 2.45) is 0 Å². The Kier molecular flexibility index (Phi) is 5.48. The van der Waals surface area contributed by atoms with Gasteiger partial charge in [0.25, 0.3) is 5.91 Å². The smallest absolute Gasteiger partial charge is 0.263 e. The summed E-state index contributed by atoms with van der Waals surface area (Å²) in [6.07, 6.45) is 3.02. The Hall–Kier alpha value is -1.92. The molecule has 1 N–H and O–H groups in total. The summed E-state index contributed by atoms with van der Waals surface area (Å²) < 4.78 is 6.80. The third-order valence-electron chi connectivity index (χ3n) is 4.07. The molecule has 1 aliphatic heterocycles. The highest BCUT2D eigenvalue weighted by Crippen LogP contribution is 2.24. The second-order valence-electron chi connectivity index (χ2n) is 5.75. The maximum atomic E-state index is 12.9. The molecule has 0 spiro atoms. The number of carbonyl (C=O) groups excluding carboxylic acids is 1. The van der Waals surface area contributed by atoms with Crippen molar-refractivity contribution in [3.05, 3.63) is 58.8 Å². The first-order chi connectivity index (χ1) is 11.6. The molecule has 1 aliphatic rings. The molecule has 3 rings (SSSR count). The number of pyridine rings is 1. The number of amides is 1. The minimum absolute atomic E-state index is 0.00623. The standard InChI is InChI=1S/C18H20BrN3O2/c1-13(24-16-6-4-15(19)5-7-16)18(23)22-10-9-21-12-17(22)14-3-2-8-20-11-14/h2-8,11,13,17,21H,9-10,12H2,1H3. The highest BCUT2D eigenvalue weighted by atomic mass is 79.9. The zero-order chi connectivity index (χ0) is 16.9. The lowest BCUT2D eigenvalue weighted by Gasteiger charge is -2.37. The topological polar surface area (TPSA) is 54.5 Å². The van der Waals surface area contributed by atoms with Crippen LogP contribution in [-0.2, 0) is 4.79 Å². The Morgan fingerprint density at radius 1 is 1.38 bits per heavy atom. The fraction of sp³-hybridized carbons (Fsp3) is 0.333. The number of piperazine rings is 1. The number of hydrogen-bond donors (Lipinski definition) is 1. The molecule has 1 fully saturated rings. The summed E-state index contributed by atoms with van der Waals surface area (Å²) in [6, 6.07) is 11.4. The van der Waals surface area contributed by atoms with Gasteiger partial charge in [0.1, 0.15) is 5.75 Å². The van der Waals surface area contributed by atoms with E-state index in [2.05, 4.69) is 26.2 Å². The van der Waals surface area contributed by atoms with Crippen LogP contribution in [-0.4, -0.2) is 41.5 Å². The van der Waals surface area contributed by atoms with Crippen molar-refractivity contribution in [2.75, 3.05) is 19.6 Å². The van der Waals surface area contributed by atoms with E-state index in [1.165, 1.54) is 0 Å². The van der Waals surface area contributed by atoms with Gasteiger partial charge in [-0.3, -0.25) is 9.78 Å². The van der Waals surface area contributed by atoms with Crippen molar-refractivity contribution in [1.82, 2.24) is 15.2 Å². The number of hydrogen-bond acceptors (Lipinski definition) is 4. The number of aromatic nitrogens is 1. The summed E-state index contributed by atoms with van der Waals surface area (Å²) in [5.74, 6) is 0.681. The second kappa shape index (κ2) is 7.77. The molecule has 2 heterocycles. The fourth-order valence-corrected chi connectivity index (χ4v) is 3.10. The number of benzene rings is 1. The van der Waals surface area contributed by atoms with Crippen LogP contribution >= 0.6 is 15.9 Å². The van der Waals surface area contributed by atoms with Gasteiger partial charge < -0.3 is 15.0 Å². The Morgan fingerprint density at radius 2 is 2.17 bits per heavy atom. The highest BCUT2D eigenvalue weighted by Gasteiger charge is 2.31. The van der Waals surface area contributed by atoms with Crippen molar-refractivity contribution in [3.63, 3.8) is 0 Å². The fourth-order valence-electron chi connectivity index (χ4n) is 2.84. The minimum atomic E-state index is -0.538. The van der Waals surface area contributed by atoms with Crippen molar-refractivity contribution in [3.8, 4) is 5.75 Å². The number of rotatable bonds is 4. The van der Waals surface area contributed by atoms with Crippen LogP contribution in [0.5, 0.6) is 5.75 Å². The molecule has 1 aromatic heterocycles. The Bertz CT molecular complexity index is 678. The maximum Gasteiger partial charge on any atom is 0.263 e.